The predicted molar refractivity (Wildman–Crippen MR) is 90.5 cm³/mol. The van der Waals surface area contributed by atoms with Crippen molar-refractivity contribution in [3.05, 3.63) is 30.6 Å². The van der Waals surface area contributed by atoms with Gasteiger partial charge >= 0.3 is 0 Å². The van der Waals surface area contributed by atoms with Crippen molar-refractivity contribution in [1.82, 2.24) is 34.8 Å². The average molecular weight is 333 g/mol. The first kappa shape index (κ1) is 16.2. The highest BCUT2D eigenvalue weighted by molar-refractivity contribution is 7.99. The molecule has 124 valence electrons. The molecule has 0 aliphatic carbocycles. The predicted octanol–water partition coefficient (Wildman–Crippen LogP) is 1.62. The lowest BCUT2D eigenvalue weighted by molar-refractivity contribution is 0.431. The molecule has 0 amide bonds. The normalized spacial score (nSPS) is 15.9. The summed E-state index contributed by atoms with van der Waals surface area (Å²) in [6.07, 6.45) is 5.94. The van der Waals surface area contributed by atoms with E-state index in [0.29, 0.717) is 5.92 Å². The second-order valence-electron chi connectivity index (χ2n) is 5.68. The van der Waals surface area contributed by atoms with Gasteiger partial charge in [0.25, 0.3) is 0 Å². The smallest absolute Gasteiger partial charge is 0.191 e. The van der Waals surface area contributed by atoms with Crippen LogP contribution in [0, 0.1) is 6.92 Å². The van der Waals surface area contributed by atoms with Gasteiger partial charge in [-0.25, -0.2) is 0 Å². The molecule has 23 heavy (non-hydrogen) atoms. The number of allylic oxidation sites excluding steroid dienone is 1. The van der Waals surface area contributed by atoms with Crippen LogP contribution < -0.4 is 5.32 Å². The van der Waals surface area contributed by atoms with Gasteiger partial charge in [-0.05, 0) is 32.9 Å². The van der Waals surface area contributed by atoms with Gasteiger partial charge in [0.1, 0.15) is 18.0 Å². The van der Waals surface area contributed by atoms with E-state index in [-0.39, 0.29) is 0 Å². The maximum Gasteiger partial charge on any atom is 0.191 e. The third kappa shape index (κ3) is 3.81. The second kappa shape index (κ2) is 7.74. The van der Waals surface area contributed by atoms with Crippen LogP contribution in [-0.4, -0.2) is 48.4 Å². The van der Waals surface area contributed by atoms with Crippen LogP contribution in [0.15, 0.2) is 24.1 Å². The Morgan fingerprint density at radius 3 is 2.87 bits per heavy atom. The Morgan fingerprint density at radius 2 is 2.17 bits per heavy atom. The van der Waals surface area contributed by atoms with Crippen molar-refractivity contribution in [1.29, 1.82) is 0 Å². The van der Waals surface area contributed by atoms with E-state index in [1.54, 1.807) is 18.1 Å². The Balaban J connectivity index is 1.67. The molecule has 1 N–H and O–H groups in total. The number of piperidine rings is 1. The quantitative estimate of drug-likeness (QED) is 0.613. The van der Waals surface area contributed by atoms with Gasteiger partial charge < -0.3 is 14.5 Å². The topological polar surface area (TPSA) is 73.5 Å². The average Bonchev–Trinajstić information content (AvgIpc) is 3.16. The molecule has 7 nitrogen and oxygen atoms in total. The summed E-state index contributed by atoms with van der Waals surface area (Å²) in [5.74, 6) is 3.46. The molecule has 2 aromatic rings. The van der Waals surface area contributed by atoms with Crippen LogP contribution in [0.5, 0.6) is 0 Å². The van der Waals surface area contributed by atoms with E-state index < -0.39 is 0 Å². The Hall–Kier alpha value is -1.67. The number of nitrogens with zero attached hydrogens (tertiary/aromatic N) is 6. The van der Waals surface area contributed by atoms with Gasteiger partial charge in [-0.1, -0.05) is 17.8 Å². The molecule has 0 atom stereocenters. The molecule has 1 aliphatic rings. The molecule has 0 bridgehead atoms. The van der Waals surface area contributed by atoms with Gasteiger partial charge in [0, 0.05) is 24.8 Å². The van der Waals surface area contributed by atoms with Crippen molar-refractivity contribution in [3.63, 3.8) is 0 Å². The maximum absolute atomic E-state index is 4.48. The van der Waals surface area contributed by atoms with Crippen LogP contribution in [0.25, 0.3) is 0 Å². The first-order valence-electron chi connectivity index (χ1n) is 8.01. The molecular formula is C15H23N7S. The number of thioether (sulfide) groups is 1. The molecule has 0 unspecified atom stereocenters. The van der Waals surface area contributed by atoms with Crippen LogP contribution in [0.2, 0.25) is 0 Å². The highest BCUT2D eigenvalue weighted by Crippen LogP contribution is 2.27. The van der Waals surface area contributed by atoms with Crippen molar-refractivity contribution in [2.24, 2.45) is 0 Å². The monoisotopic (exact) mass is 333 g/mol. The van der Waals surface area contributed by atoms with Crippen molar-refractivity contribution in [3.8, 4) is 0 Å². The zero-order valence-electron chi connectivity index (χ0n) is 13.5. The minimum absolute atomic E-state index is 0.498. The summed E-state index contributed by atoms with van der Waals surface area (Å²) in [5.41, 5.74) is 0. The fraction of sp³-hybridized carbons (Fsp3) is 0.600. The van der Waals surface area contributed by atoms with Crippen molar-refractivity contribution in [2.75, 3.05) is 18.8 Å². The lowest BCUT2D eigenvalue weighted by atomic mass is 9.97. The number of aromatic nitrogens is 6. The van der Waals surface area contributed by atoms with Gasteiger partial charge in [-0.2, -0.15) is 0 Å². The lowest BCUT2D eigenvalue weighted by Gasteiger charge is -2.22. The zero-order chi connectivity index (χ0) is 16.1. The van der Waals surface area contributed by atoms with Crippen molar-refractivity contribution >= 4 is 11.8 Å². The van der Waals surface area contributed by atoms with Crippen LogP contribution in [0.1, 0.15) is 30.4 Å². The first-order valence-corrected chi connectivity index (χ1v) is 9.00. The first-order chi connectivity index (χ1) is 11.3. The van der Waals surface area contributed by atoms with Crippen molar-refractivity contribution < 1.29 is 0 Å². The number of aryl methyl sites for hydroxylation is 2. The Morgan fingerprint density at radius 1 is 1.35 bits per heavy atom. The van der Waals surface area contributed by atoms with E-state index >= 15 is 0 Å². The second-order valence-corrected chi connectivity index (χ2v) is 6.75. The third-order valence-corrected chi connectivity index (χ3v) is 5.08. The molecule has 0 saturated carbocycles. The van der Waals surface area contributed by atoms with Crippen LogP contribution in [0.4, 0.5) is 0 Å². The molecule has 3 heterocycles. The molecule has 1 saturated heterocycles. The fourth-order valence-corrected chi connectivity index (χ4v) is 3.75. The summed E-state index contributed by atoms with van der Waals surface area (Å²) < 4.78 is 4.27. The van der Waals surface area contributed by atoms with Gasteiger partial charge in [-0.15, -0.1) is 27.0 Å². The van der Waals surface area contributed by atoms with E-state index in [1.165, 1.54) is 0 Å². The molecule has 3 rings (SSSR count). The van der Waals surface area contributed by atoms with Crippen LogP contribution in [-0.2, 0) is 13.1 Å². The summed E-state index contributed by atoms with van der Waals surface area (Å²) in [7, 11) is 0. The lowest BCUT2D eigenvalue weighted by Crippen LogP contribution is -2.28. The highest BCUT2D eigenvalue weighted by Gasteiger charge is 2.22. The molecule has 1 aliphatic heterocycles. The van der Waals surface area contributed by atoms with Crippen molar-refractivity contribution in [2.45, 2.75) is 43.9 Å². The van der Waals surface area contributed by atoms with Crippen LogP contribution in [0.3, 0.4) is 0 Å². The van der Waals surface area contributed by atoms with E-state index in [1.807, 2.05) is 13.0 Å². The summed E-state index contributed by atoms with van der Waals surface area (Å²) in [4.78, 5) is 0. The zero-order valence-corrected chi connectivity index (χ0v) is 14.3. The molecule has 8 heteroatoms. The third-order valence-electron chi connectivity index (χ3n) is 4.13. The fourth-order valence-electron chi connectivity index (χ4n) is 2.86. The Kier molecular flexibility index (Phi) is 5.45. The summed E-state index contributed by atoms with van der Waals surface area (Å²) >= 11 is 1.73. The molecule has 0 aromatic carbocycles. The number of hydrogen-bond donors (Lipinski definition) is 1. The molecule has 0 radical (unpaired) electrons. The summed E-state index contributed by atoms with van der Waals surface area (Å²) in [5, 5.41) is 21.2. The van der Waals surface area contributed by atoms with E-state index in [4.69, 9.17) is 0 Å². The van der Waals surface area contributed by atoms with Gasteiger partial charge in [0.15, 0.2) is 5.16 Å². The Labute approximate surface area is 140 Å². The minimum Gasteiger partial charge on any atom is -0.317 e. The Bertz CT molecular complexity index is 642. The molecule has 1 fully saturated rings. The van der Waals surface area contributed by atoms with Gasteiger partial charge in [0.2, 0.25) is 0 Å². The van der Waals surface area contributed by atoms with Crippen LogP contribution >= 0.6 is 11.8 Å². The largest absolute Gasteiger partial charge is 0.317 e. The van der Waals surface area contributed by atoms with Gasteiger partial charge in [0.05, 0.1) is 0 Å². The molecule has 0 spiro atoms. The van der Waals surface area contributed by atoms with E-state index in [2.05, 4.69) is 41.4 Å². The SMILES string of the molecule is C=CCn1c(SCCn2cnnc2C)nnc1C1CCNCC1. The van der Waals surface area contributed by atoms with Gasteiger partial charge in [-0.3, -0.25) is 0 Å². The number of hydrogen-bond acceptors (Lipinski definition) is 6. The summed E-state index contributed by atoms with van der Waals surface area (Å²) in [6, 6.07) is 0. The molecular weight excluding hydrogens is 310 g/mol. The van der Waals surface area contributed by atoms with E-state index in [9.17, 15) is 0 Å². The minimum atomic E-state index is 0.498. The number of nitrogens with one attached hydrogen (secondary N) is 1. The van der Waals surface area contributed by atoms with E-state index in [0.717, 1.165) is 61.6 Å². The standard InChI is InChI=1S/C15H23N7S/c1-3-8-22-14(13-4-6-16-7-5-13)19-20-15(22)23-10-9-21-11-17-18-12(21)2/h3,11,13,16H,1,4-10H2,2H3. The maximum atomic E-state index is 4.48. The highest BCUT2D eigenvalue weighted by atomic mass is 32.2. The molecule has 2 aromatic heterocycles. The number of rotatable bonds is 7. The summed E-state index contributed by atoms with van der Waals surface area (Å²) in [6.45, 7) is 9.59.